The summed E-state index contributed by atoms with van der Waals surface area (Å²) < 4.78 is 53.2. The second-order valence-corrected chi connectivity index (χ2v) is 7.92. The average molecular weight is 438 g/mol. The van der Waals surface area contributed by atoms with Gasteiger partial charge in [0.05, 0.1) is 18.9 Å². The Bertz CT molecular complexity index is 953. The van der Waals surface area contributed by atoms with Crippen LogP contribution in [0.5, 0.6) is 0 Å². The Morgan fingerprint density at radius 1 is 1.39 bits per heavy atom. The summed E-state index contributed by atoms with van der Waals surface area (Å²) in [7, 11) is 1.53. The van der Waals surface area contributed by atoms with Gasteiger partial charge < -0.3 is 24.2 Å². The van der Waals surface area contributed by atoms with Gasteiger partial charge in [0.1, 0.15) is 30.0 Å². The molecule has 0 radical (unpaired) electrons. The Morgan fingerprint density at radius 2 is 2.19 bits per heavy atom. The molecule has 31 heavy (non-hydrogen) atoms. The molecule has 1 aromatic carbocycles. The predicted molar refractivity (Wildman–Crippen MR) is 104 cm³/mol. The van der Waals surface area contributed by atoms with Crippen molar-refractivity contribution in [1.29, 1.82) is 0 Å². The molecule has 5 atom stereocenters. The first-order valence-electron chi connectivity index (χ1n) is 9.86. The molecule has 0 amide bonds. The van der Waals surface area contributed by atoms with E-state index >= 15 is 0 Å². The third kappa shape index (κ3) is 4.18. The Kier molecular flexibility index (Phi) is 6.02. The molecular weight excluding hydrogens is 414 g/mol. The molecule has 2 aromatic rings. The maximum Gasteiger partial charge on any atom is 0.168 e. The number of halogens is 2. The average Bonchev–Trinajstić information content (AvgIpc) is 3.22. The molecule has 1 aromatic heterocycles. The van der Waals surface area contributed by atoms with Gasteiger partial charge in [-0.1, -0.05) is 11.3 Å². The zero-order chi connectivity index (χ0) is 22.2. The van der Waals surface area contributed by atoms with Crippen LogP contribution in [-0.2, 0) is 18.9 Å². The summed E-state index contributed by atoms with van der Waals surface area (Å²) in [5, 5.41) is 20.1. The van der Waals surface area contributed by atoms with Crippen molar-refractivity contribution in [2.45, 2.75) is 56.5 Å². The lowest BCUT2D eigenvalue weighted by Crippen LogP contribution is -2.62. The first-order valence-corrected chi connectivity index (χ1v) is 9.86. The largest absolute Gasteiger partial charge is 0.411 e. The molecule has 168 valence electrons. The van der Waals surface area contributed by atoms with Gasteiger partial charge in [-0.25, -0.2) is 13.5 Å². The molecule has 11 heteroatoms. The van der Waals surface area contributed by atoms with Gasteiger partial charge in [0.2, 0.25) is 0 Å². The number of hydrogen-bond donors (Lipinski definition) is 1. The minimum absolute atomic E-state index is 0.000941. The van der Waals surface area contributed by atoms with Gasteiger partial charge in [0, 0.05) is 25.3 Å². The maximum atomic E-state index is 14.3. The topological polar surface area (TPSA) is 100 Å². The Morgan fingerprint density at radius 3 is 2.94 bits per heavy atom. The van der Waals surface area contributed by atoms with E-state index in [0.717, 1.165) is 6.07 Å². The lowest BCUT2D eigenvalue weighted by molar-refractivity contribution is -0.349. The molecule has 9 nitrogen and oxygen atoms in total. The Labute approximate surface area is 177 Å². The van der Waals surface area contributed by atoms with E-state index < -0.39 is 47.9 Å². The van der Waals surface area contributed by atoms with Gasteiger partial charge in [0.25, 0.3) is 0 Å². The standard InChI is InChI=1S/C20H24F2N4O5/c1-20(2)29-10-15-19(31-20)17(18(28-3)14(30-15)7-8-23-27)26-9-13(24-25-26)11-5-4-6-12(21)16(11)22/h4-6,8-9,14-15,17-19,27H,7,10H2,1-3H3/t14-,15-,17-,18+,19+/m1/s1. The summed E-state index contributed by atoms with van der Waals surface area (Å²) in [6.45, 7) is 3.86. The van der Waals surface area contributed by atoms with E-state index in [9.17, 15) is 8.78 Å². The molecule has 0 bridgehead atoms. The third-order valence-electron chi connectivity index (χ3n) is 5.51. The predicted octanol–water partition coefficient (Wildman–Crippen LogP) is 2.55. The van der Waals surface area contributed by atoms with Crippen molar-refractivity contribution < 1.29 is 32.9 Å². The highest BCUT2D eigenvalue weighted by atomic mass is 19.2. The lowest BCUT2D eigenvalue weighted by atomic mass is 9.90. The van der Waals surface area contributed by atoms with Crippen LogP contribution in [0.4, 0.5) is 8.78 Å². The van der Waals surface area contributed by atoms with Crippen LogP contribution in [-0.4, -0.2) is 70.3 Å². The minimum Gasteiger partial charge on any atom is -0.411 e. The van der Waals surface area contributed by atoms with Crippen molar-refractivity contribution in [1.82, 2.24) is 15.0 Å². The van der Waals surface area contributed by atoms with Gasteiger partial charge in [-0.05, 0) is 26.0 Å². The molecule has 2 fully saturated rings. The van der Waals surface area contributed by atoms with Crippen LogP contribution in [0.15, 0.2) is 29.6 Å². The number of benzene rings is 1. The molecular formula is C20H24F2N4O5. The van der Waals surface area contributed by atoms with Crippen LogP contribution < -0.4 is 0 Å². The molecule has 3 heterocycles. The van der Waals surface area contributed by atoms with Gasteiger partial charge in [-0.2, -0.15) is 0 Å². The van der Waals surface area contributed by atoms with Crippen molar-refractivity contribution in [3.8, 4) is 11.3 Å². The first-order chi connectivity index (χ1) is 14.8. The van der Waals surface area contributed by atoms with Crippen molar-refractivity contribution in [2.75, 3.05) is 13.7 Å². The summed E-state index contributed by atoms with van der Waals surface area (Å²) >= 11 is 0. The van der Waals surface area contributed by atoms with E-state index in [2.05, 4.69) is 15.5 Å². The number of ether oxygens (including phenoxy) is 4. The van der Waals surface area contributed by atoms with Crippen LogP contribution in [0, 0.1) is 11.6 Å². The number of fused-ring (bicyclic) bond motifs is 1. The highest BCUT2D eigenvalue weighted by molar-refractivity contribution is 5.58. The van der Waals surface area contributed by atoms with Crippen LogP contribution in [0.25, 0.3) is 11.3 Å². The fraction of sp³-hybridized carbons (Fsp3) is 0.550. The number of hydrogen-bond acceptors (Lipinski definition) is 8. The molecule has 2 aliphatic rings. The van der Waals surface area contributed by atoms with Gasteiger partial charge in [0.15, 0.2) is 17.4 Å². The highest BCUT2D eigenvalue weighted by Gasteiger charge is 2.52. The lowest BCUT2D eigenvalue weighted by Gasteiger charge is -2.50. The Balaban J connectivity index is 1.73. The smallest absolute Gasteiger partial charge is 0.168 e. The highest BCUT2D eigenvalue weighted by Crippen LogP contribution is 2.40. The van der Waals surface area contributed by atoms with Gasteiger partial charge >= 0.3 is 0 Å². The van der Waals surface area contributed by atoms with Crippen LogP contribution in [0.1, 0.15) is 26.3 Å². The van der Waals surface area contributed by atoms with E-state index in [0.29, 0.717) is 0 Å². The number of nitrogens with zero attached hydrogens (tertiary/aromatic N) is 4. The van der Waals surface area contributed by atoms with Crippen LogP contribution in [0.2, 0.25) is 0 Å². The molecule has 1 N–H and O–H groups in total. The van der Waals surface area contributed by atoms with E-state index in [1.165, 1.54) is 36.3 Å². The van der Waals surface area contributed by atoms with Gasteiger partial charge in [-0.15, -0.1) is 10.3 Å². The second kappa shape index (κ2) is 8.58. The molecule has 0 unspecified atom stereocenters. The zero-order valence-corrected chi connectivity index (χ0v) is 17.3. The quantitative estimate of drug-likeness (QED) is 0.435. The van der Waals surface area contributed by atoms with Crippen LogP contribution in [0.3, 0.4) is 0 Å². The van der Waals surface area contributed by atoms with E-state index in [4.69, 9.17) is 24.2 Å². The summed E-state index contributed by atoms with van der Waals surface area (Å²) in [6.07, 6.45) is 1.12. The second-order valence-electron chi connectivity index (χ2n) is 7.92. The normalized spacial score (nSPS) is 30.4. The molecule has 0 saturated carbocycles. The van der Waals surface area contributed by atoms with Crippen molar-refractivity contribution in [3.63, 3.8) is 0 Å². The third-order valence-corrected chi connectivity index (χ3v) is 5.51. The fourth-order valence-corrected chi connectivity index (χ4v) is 4.11. The number of oxime groups is 1. The summed E-state index contributed by atoms with van der Waals surface area (Å²) in [6, 6.07) is 3.37. The van der Waals surface area contributed by atoms with Crippen LogP contribution >= 0.6 is 0 Å². The first kappa shape index (κ1) is 21.8. The molecule has 2 saturated heterocycles. The summed E-state index contributed by atoms with van der Waals surface area (Å²) in [5.41, 5.74) is 0.177. The summed E-state index contributed by atoms with van der Waals surface area (Å²) in [5.74, 6) is -2.83. The monoisotopic (exact) mass is 438 g/mol. The molecule has 0 aliphatic carbocycles. The van der Waals surface area contributed by atoms with E-state index in [-0.39, 0.29) is 24.3 Å². The number of rotatable bonds is 5. The zero-order valence-electron chi connectivity index (χ0n) is 17.3. The minimum atomic E-state index is -0.997. The van der Waals surface area contributed by atoms with Crippen molar-refractivity contribution in [3.05, 3.63) is 36.0 Å². The van der Waals surface area contributed by atoms with Crippen molar-refractivity contribution in [2.24, 2.45) is 5.16 Å². The molecule has 4 rings (SSSR count). The Hall–Kier alpha value is -2.47. The SMILES string of the molecule is CO[C@@H]1[C@@H](n2cc(-c3cccc(F)c3F)nn2)[C@H]2OC(C)(C)OC[C@H]2O[C@@H]1CC=NO. The number of methoxy groups -OCH3 is 1. The molecule has 0 spiro atoms. The van der Waals surface area contributed by atoms with E-state index in [1.807, 2.05) is 0 Å². The summed E-state index contributed by atoms with van der Waals surface area (Å²) in [4.78, 5) is 0. The number of aromatic nitrogens is 3. The molecule has 2 aliphatic heterocycles. The maximum absolute atomic E-state index is 14.3. The van der Waals surface area contributed by atoms with E-state index in [1.54, 1.807) is 13.8 Å². The van der Waals surface area contributed by atoms with Gasteiger partial charge in [-0.3, -0.25) is 0 Å². The van der Waals surface area contributed by atoms with Crippen molar-refractivity contribution >= 4 is 6.21 Å². The fourth-order valence-electron chi connectivity index (χ4n) is 4.11.